The Hall–Kier alpha value is -2.25. The van der Waals surface area contributed by atoms with Gasteiger partial charge in [0.2, 0.25) is 11.7 Å². The number of aliphatic hydroxyl groups excluding tert-OH is 2. The van der Waals surface area contributed by atoms with Crippen LogP contribution in [0.5, 0.6) is 0 Å². The summed E-state index contributed by atoms with van der Waals surface area (Å²) in [5, 5.41) is 23.8. The lowest BCUT2D eigenvalue weighted by Gasteiger charge is -2.27. The Morgan fingerprint density at radius 2 is 1.72 bits per heavy atom. The number of hydrogen-bond donors (Lipinski definition) is 4. The number of nitrogens with one attached hydrogen (secondary N) is 2. The fraction of sp³-hybridized carbons (Fsp3) is 0.500. The van der Waals surface area contributed by atoms with Gasteiger partial charge in [0.25, 0.3) is 5.91 Å². The Bertz CT molecular complexity index is 538. The summed E-state index contributed by atoms with van der Waals surface area (Å²) in [4.78, 5) is 35.1. The van der Waals surface area contributed by atoms with E-state index in [1.54, 1.807) is 18.2 Å². The van der Waals surface area contributed by atoms with Crippen molar-refractivity contribution in [1.29, 1.82) is 0 Å². The van der Waals surface area contributed by atoms with Gasteiger partial charge in [0.1, 0.15) is 6.10 Å². The van der Waals surface area contributed by atoms with Gasteiger partial charge < -0.3 is 20.8 Å². The summed E-state index contributed by atoms with van der Waals surface area (Å²) in [7, 11) is 0. The van der Waals surface area contributed by atoms with Crippen molar-refractivity contribution in [3.8, 4) is 0 Å². The van der Waals surface area contributed by atoms with Gasteiger partial charge in [-0.2, -0.15) is 0 Å². The van der Waals surface area contributed by atoms with Crippen molar-refractivity contribution in [2.24, 2.45) is 5.41 Å². The van der Waals surface area contributed by atoms with Crippen molar-refractivity contribution in [3.63, 3.8) is 0 Å². The van der Waals surface area contributed by atoms with Crippen LogP contribution in [-0.2, 0) is 14.4 Å². The molecule has 0 rings (SSSR count). The topological polar surface area (TPSA) is 116 Å². The number of hydrogen-bond acceptors (Lipinski definition) is 5. The van der Waals surface area contributed by atoms with Crippen LogP contribution < -0.4 is 10.6 Å². The maximum atomic E-state index is 11.7. The summed E-state index contributed by atoms with van der Waals surface area (Å²) < 4.78 is 0. The van der Waals surface area contributed by atoms with E-state index in [0.29, 0.717) is 6.42 Å². The molecule has 0 aromatic heterocycles. The molecule has 0 aliphatic rings. The molecule has 7 nitrogen and oxygen atoms in total. The first-order valence-electron chi connectivity index (χ1n) is 8.01. The summed E-state index contributed by atoms with van der Waals surface area (Å²) in [6, 6.07) is 0. The van der Waals surface area contributed by atoms with E-state index in [-0.39, 0.29) is 26.1 Å². The SMILES string of the molecule is C=CC=C(C=C)CCNC(=O)C(=O)CCNC(=O)C(O)C(C)(C)CO. The predicted molar refractivity (Wildman–Crippen MR) is 95.6 cm³/mol. The van der Waals surface area contributed by atoms with E-state index in [4.69, 9.17) is 5.11 Å². The van der Waals surface area contributed by atoms with E-state index in [9.17, 15) is 19.5 Å². The van der Waals surface area contributed by atoms with Crippen LogP contribution in [-0.4, -0.2) is 53.6 Å². The Labute approximate surface area is 148 Å². The molecule has 0 radical (unpaired) electrons. The molecular weight excluding hydrogens is 324 g/mol. The number of ketones is 1. The molecule has 0 fully saturated rings. The van der Waals surface area contributed by atoms with Crippen molar-refractivity contribution < 1.29 is 24.6 Å². The third-order valence-electron chi connectivity index (χ3n) is 3.59. The second-order valence-electron chi connectivity index (χ2n) is 6.20. The quantitative estimate of drug-likeness (QED) is 0.297. The van der Waals surface area contributed by atoms with Crippen LogP contribution in [0.15, 0.2) is 37.0 Å². The van der Waals surface area contributed by atoms with Gasteiger partial charge in [-0.05, 0) is 12.0 Å². The molecule has 1 unspecified atom stereocenters. The average Bonchev–Trinajstić information content (AvgIpc) is 2.59. The minimum atomic E-state index is -1.41. The number of rotatable bonds is 12. The first-order chi connectivity index (χ1) is 11.7. The molecule has 0 aromatic rings. The summed E-state index contributed by atoms with van der Waals surface area (Å²) in [5.41, 5.74) is -0.108. The van der Waals surface area contributed by atoms with Crippen LogP contribution in [0.3, 0.4) is 0 Å². The first-order valence-corrected chi connectivity index (χ1v) is 8.01. The van der Waals surface area contributed by atoms with E-state index in [1.165, 1.54) is 13.8 Å². The molecule has 4 N–H and O–H groups in total. The fourth-order valence-corrected chi connectivity index (χ4v) is 1.77. The number of amides is 2. The van der Waals surface area contributed by atoms with Crippen molar-refractivity contribution in [2.45, 2.75) is 32.8 Å². The second kappa shape index (κ2) is 11.3. The van der Waals surface area contributed by atoms with Gasteiger partial charge in [-0.15, -0.1) is 0 Å². The molecule has 0 spiro atoms. The van der Waals surface area contributed by atoms with Crippen LogP contribution in [0.1, 0.15) is 26.7 Å². The minimum absolute atomic E-state index is 0.0715. The highest BCUT2D eigenvalue weighted by atomic mass is 16.3. The first kappa shape index (κ1) is 22.8. The van der Waals surface area contributed by atoms with E-state index < -0.39 is 29.1 Å². The lowest BCUT2D eigenvalue weighted by molar-refractivity contribution is -0.139. The maximum absolute atomic E-state index is 11.7. The summed E-state index contributed by atoms with van der Waals surface area (Å²) >= 11 is 0. The zero-order valence-corrected chi connectivity index (χ0v) is 14.9. The Morgan fingerprint density at radius 1 is 1.12 bits per heavy atom. The molecular formula is C18H28N2O5. The number of Topliss-reactive ketones (excluding diaryl/α,β-unsaturated/α-hetero) is 1. The van der Waals surface area contributed by atoms with Gasteiger partial charge in [0, 0.05) is 24.9 Å². The lowest BCUT2D eigenvalue weighted by atomic mass is 9.87. The van der Waals surface area contributed by atoms with E-state index in [2.05, 4.69) is 23.8 Å². The summed E-state index contributed by atoms with van der Waals surface area (Å²) in [6.45, 7) is 10.1. The third kappa shape index (κ3) is 8.42. The van der Waals surface area contributed by atoms with E-state index in [0.717, 1.165) is 5.57 Å². The number of aliphatic hydroxyl groups is 2. The van der Waals surface area contributed by atoms with Crippen molar-refractivity contribution >= 4 is 17.6 Å². The van der Waals surface area contributed by atoms with Crippen LogP contribution in [0.4, 0.5) is 0 Å². The Morgan fingerprint density at radius 3 is 2.24 bits per heavy atom. The maximum Gasteiger partial charge on any atom is 0.287 e. The predicted octanol–water partition coefficient (Wildman–Crippen LogP) is 0.246. The number of carbonyl (C=O) groups excluding carboxylic acids is 3. The normalized spacial score (nSPS) is 12.9. The third-order valence-corrected chi connectivity index (χ3v) is 3.59. The highest BCUT2D eigenvalue weighted by molar-refractivity contribution is 6.36. The van der Waals surface area contributed by atoms with Crippen LogP contribution in [0, 0.1) is 5.41 Å². The Balaban J connectivity index is 4.20. The highest BCUT2D eigenvalue weighted by Crippen LogP contribution is 2.19. The molecule has 0 aliphatic heterocycles. The molecule has 7 heteroatoms. The average molecular weight is 352 g/mol. The van der Waals surface area contributed by atoms with Crippen molar-refractivity contribution in [1.82, 2.24) is 10.6 Å². The number of allylic oxidation sites excluding steroid dienone is 3. The zero-order chi connectivity index (χ0) is 19.5. The van der Waals surface area contributed by atoms with Crippen LogP contribution in [0.25, 0.3) is 0 Å². The van der Waals surface area contributed by atoms with Gasteiger partial charge >= 0.3 is 0 Å². The molecule has 0 aromatic carbocycles. The molecule has 140 valence electrons. The van der Waals surface area contributed by atoms with Gasteiger partial charge in [-0.3, -0.25) is 14.4 Å². The number of carbonyl (C=O) groups is 3. The lowest BCUT2D eigenvalue weighted by Crippen LogP contribution is -2.46. The monoisotopic (exact) mass is 352 g/mol. The molecule has 1 atom stereocenters. The zero-order valence-electron chi connectivity index (χ0n) is 14.9. The fourth-order valence-electron chi connectivity index (χ4n) is 1.77. The van der Waals surface area contributed by atoms with Crippen LogP contribution >= 0.6 is 0 Å². The molecule has 0 heterocycles. The van der Waals surface area contributed by atoms with Gasteiger partial charge in [0.05, 0.1) is 6.61 Å². The minimum Gasteiger partial charge on any atom is -0.396 e. The molecule has 0 saturated heterocycles. The van der Waals surface area contributed by atoms with Gasteiger partial charge in [-0.1, -0.05) is 45.2 Å². The highest BCUT2D eigenvalue weighted by Gasteiger charge is 2.32. The summed E-state index contributed by atoms with van der Waals surface area (Å²) in [6.07, 6.45) is 3.95. The molecule has 0 bridgehead atoms. The van der Waals surface area contributed by atoms with Gasteiger partial charge in [0.15, 0.2) is 0 Å². The smallest absolute Gasteiger partial charge is 0.287 e. The van der Waals surface area contributed by atoms with Crippen molar-refractivity contribution in [3.05, 3.63) is 37.0 Å². The largest absolute Gasteiger partial charge is 0.396 e. The van der Waals surface area contributed by atoms with Crippen molar-refractivity contribution in [2.75, 3.05) is 19.7 Å². The molecule has 0 aliphatic carbocycles. The molecule has 0 saturated carbocycles. The second-order valence-corrected chi connectivity index (χ2v) is 6.20. The standard InChI is InChI=1S/C18H28N2O5/c1-5-7-13(6-2)8-10-19-16(24)14(22)9-11-20-17(25)15(23)18(3,4)12-21/h5-7,15,21,23H,1-2,8-12H2,3-4H3,(H,19,24)(H,20,25). The Kier molecular flexibility index (Phi) is 10.3. The van der Waals surface area contributed by atoms with Crippen LogP contribution in [0.2, 0.25) is 0 Å². The van der Waals surface area contributed by atoms with Gasteiger partial charge in [-0.25, -0.2) is 0 Å². The van der Waals surface area contributed by atoms with E-state index >= 15 is 0 Å². The van der Waals surface area contributed by atoms with E-state index in [1.807, 2.05) is 0 Å². The molecule has 25 heavy (non-hydrogen) atoms. The molecule has 2 amide bonds. The summed E-state index contributed by atoms with van der Waals surface area (Å²) in [5.74, 6) is -2.09.